The zero-order valence-electron chi connectivity index (χ0n) is 7.66. The highest BCUT2D eigenvalue weighted by molar-refractivity contribution is 9.10. The van der Waals surface area contributed by atoms with E-state index in [9.17, 15) is 4.79 Å². The average Bonchev–Trinajstić information content (AvgIpc) is 2.18. The van der Waals surface area contributed by atoms with Crippen LogP contribution in [-0.4, -0.2) is 53.9 Å². The Morgan fingerprint density at radius 1 is 1.62 bits per heavy atom. The lowest BCUT2D eigenvalue weighted by Gasteiger charge is -2.27. The van der Waals surface area contributed by atoms with Crippen molar-refractivity contribution in [1.29, 1.82) is 0 Å². The largest absolute Gasteiger partial charge is 0.468 e. The molecule has 1 atom stereocenters. The van der Waals surface area contributed by atoms with Crippen LogP contribution >= 0.6 is 27.7 Å². The lowest BCUT2D eigenvalue weighted by molar-refractivity contribution is -0.140. The quantitative estimate of drug-likeness (QED) is 0.563. The highest BCUT2D eigenvalue weighted by Crippen LogP contribution is 2.12. The Hall–Kier alpha value is 0.260. The number of carbonyl (C=O) groups is 1. The van der Waals surface area contributed by atoms with Gasteiger partial charge in [-0.3, -0.25) is 9.69 Å². The molecule has 76 valence electrons. The molecule has 1 fully saturated rings. The number of thioether (sulfide) groups is 1. The molecule has 0 aliphatic carbocycles. The van der Waals surface area contributed by atoms with Gasteiger partial charge in [-0.25, -0.2) is 0 Å². The fraction of sp³-hybridized carbons (Fsp3) is 0.875. The Morgan fingerprint density at radius 2 is 2.23 bits per heavy atom. The van der Waals surface area contributed by atoms with E-state index in [4.69, 9.17) is 0 Å². The lowest BCUT2D eigenvalue weighted by atomic mass is 10.3. The molecule has 1 rings (SSSR count). The number of ether oxygens (including phenoxy) is 1. The normalized spacial score (nSPS) is 21.1. The molecule has 0 aromatic heterocycles. The van der Waals surface area contributed by atoms with E-state index in [2.05, 4.69) is 25.6 Å². The fourth-order valence-corrected chi connectivity index (χ4v) is 2.79. The summed E-state index contributed by atoms with van der Waals surface area (Å²) in [4.78, 5) is 13.2. The topological polar surface area (TPSA) is 29.5 Å². The van der Waals surface area contributed by atoms with Gasteiger partial charge < -0.3 is 4.74 Å². The van der Waals surface area contributed by atoms with Crippen LogP contribution in [0.1, 0.15) is 0 Å². The SMILES string of the molecule is COC(=O)C(Br)CN1CCSCC1. The molecule has 0 amide bonds. The van der Waals surface area contributed by atoms with Crippen molar-refractivity contribution in [3.63, 3.8) is 0 Å². The molecule has 1 heterocycles. The van der Waals surface area contributed by atoms with Crippen LogP contribution in [0, 0.1) is 0 Å². The van der Waals surface area contributed by atoms with Gasteiger partial charge in [0, 0.05) is 31.1 Å². The van der Waals surface area contributed by atoms with Gasteiger partial charge in [0.25, 0.3) is 0 Å². The van der Waals surface area contributed by atoms with Gasteiger partial charge in [0.05, 0.1) is 7.11 Å². The summed E-state index contributed by atoms with van der Waals surface area (Å²) in [5.41, 5.74) is 0. The Labute approximate surface area is 91.3 Å². The molecule has 1 aliphatic rings. The summed E-state index contributed by atoms with van der Waals surface area (Å²) in [5, 5.41) is 0. The van der Waals surface area contributed by atoms with Gasteiger partial charge in [-0.2, -0.15) is 11.8 Å². The molecule has 0 saturated carbocycles. The van der Waals surface area contributed by atoms with Crippen molar-refractivity contribution in [3.05, 3.63) is 0 Å². The van der Waals surface area contributed by atoms with E-state index in [0.29, 0.717) is 0 Å². The van der Waals surface area contributed by atoms with Crippen molar-refractivity contribution in [2.75, 3.05) is 38.2 Å². The van der Waals surface area contributed by atoms with Crippen LogP contribution in [0.5, 0.6) is 0 Å². The van der Waals surface area contributed by atoms with E-state index in [1.807, 2.05) is 11.8 Å². The van der Waals surface area contributed by atoms with Gasteiger partial charge in [-0.1, -0.05) is 15.9 Å². The van der Waals surface area contributed by atoms with Crippen molar-refractivity contribution in [3.8, 4) is 0 Å². The summed E-state index contributed by atoms with van der Waals surface area (Å²) in [7, 11) is 1.42. The predicted octanol–water partition coefficient (Wildman–Crippen LogP) is 0.972. The maximum absolute atomic E-state index is 11.1. The first-order chi connectivity index (χ1) is 6.24. The predicted molar refractivity (Wildman–Crippen MR) is 58.5 cm³/mol. The second kappa shape index (κ2) is 5.88. The number of methoxy groups -OCH3 is 1. The summed E-state index contributed by atoms with van der Waals surface area (Å²) in [5.74, 6) is 2.15. The molecular weight excluding hydrogens is 254 g/mol. The van der Waals surface area contributed by atoms with E-state index in [1.54, 1.807) is 0 Å². The van der Waals surface area contributed by atoms with E-state index >= 15 is 0 Å². The molecule has 1 unspecified atom stereocenters. The van der Waals surface area contributed by atoms with Crippen molar-refractivity contribution in [2.45, 2.75) is 4.83 Å². The number of carbonyl (C=O) groups excluding carboxylic acids is 1. The highest BCUT2D eigenvalue weighted by atomic mass is 79.9. The monoisotopic (exact) mass is 267 g/mol. The molecule has 3 nitrogen and oxygen atoms in total. The molecule has 0 N–H and O–H groups in total. The van der Waals surface area contributed by atoms with E-state index in [-0.39, 0.29) is 10.8 Å². The minimum atomic E-state index is -0.182. The molecular formula is C8H14BrNO2S. The van der Waals surface area contributed by atoms with Crippen LogP contribution in [0.3, 0.4) is 0 Å². The molecule has 0 aromatic rings. The zero-order valence-corrected chi connectivity index (χ0v) is 10.1. The molecule has 1 saturated heterocycles. The number of hydrogen-bond acceptors (Lipinski definition) is 4. The number of hydrogen-bond donors (Lipinski definition) is 0. The van der Waals surface area contributed by atoms with Gasteiger partial charge in [0.15, 0.2) is 0 Å². The second-order valence-electron chi connectivity index (χ2n) is 2.90. The van der Waals surface area contributed by atoms with Crippen molar-refractivity contribution >= 4 is 33.7 Å². The number of alkyl halides is 1. The van der Waals surface area contributed by atoms with E-state index in [1.165, 1.54) is 18.6 Å². The lowest BCUT2D eigenvalue weighted by Crippen LogP contribution is -2.39. The molecule has 0 bridgehead atoms. The van der Waals surface area contributed by atoms with Crippen LogP contribution in [0.15, 0.2) is 0 Å². The van der Waals surface area contributed by atoms with Crippen LogP contribution < -0.4 is 0 Å². The molecule has 13 heavy (non-hydrogen) atoms. The van der Waals surface area contributed by atoms with Gasteiger partial charge in [-0.05, 0) is 0 Å². The summed E-state index contributed by atoms with van der Waals surface area (Å²) in [6, 6.07) is 0. The highest BCUT2D eigenvalue weighted by Gasteiger charge is 2.20. The Bertz CT molecular complexity index is 174. The van der Waals surface area contributed by atoms with Crippen LogP contribution in [0.4, 0.5) is 0 Å². The third-order valence-corrected chi connectivity index (χ3v) is 3.59. The molecule has 5 heteroatoms. The average molecular weight is 268 g/mol. The minimum Gasteiger partial charge on any atom is -0.468 e. The van der Waals surface area contributed by atoms with Crippen LogP contribution in [0.25, 0.3) is 0 Å². The summed E-state index contributed by atoms with van der Waals surface area (Å²) >= 11 is 5.28. The first-order valence-electron chi connectivity index (χ1n) is 4.26. The van der Waals surface area contributed by atoms with Gasteiger partial charge in [-0.15, -0.1) is 0 Å². The Morgan fingerprint density at radius 3 is 2.77 bits per heavy atom. The first-order valence-corrected chi connectivity index (χ1v) is 6.33. The second-order valence-corrected chi connectivity index (χ2v) is 5.23. The maximum atomic E-state index is 11.1. The van der Waals surface area contributed by atoms with Gasteiger partial charge in [0.2, 0.25) is 0 Å². The zero-order chi connectivity index (χ0) is 9.68. The Kier molecular flexibility index (Phi) is 5.13. The fourth-order valence-electron chi connectivity index (χ4n) is 1.21. The number of esters is 1. The maximum Gasteiger partial charge on any atom is 0.320 e. The van der Waals surface area contributed by atoms with Crippen molar-refractivity contribution in [2.24, 2.45) is 0 Å². The smallest absolute Gasteiger partial charge is 0.320 e. The van der Waals surface area contributed by atoms with Gasteiger partial charge >= 0.3 is 5.97 Å². The summed E-state index contributed by atoms with van der Waals surface area (Å²) in [6.45, 7) is 2.90. The molecule has 1 aliphatic heterocycles. The number of rotatable bonds is 3. The number of nitrogens with zero attached hydrogens (tertiary/aromatic N) is 1. The first kappa shape index (κ1) is 11.3. The summed E-state index contributed by atoms with van der Waals surface area (Å²) < 4.78 is 4.64. The van der Waals surface area contributed by atoms with Crippen molar-refractivity contribution < 1.29 is 9.53 Å². The van der Waals surface area contributed by atoms with Gasteiger partial charge in [0.1, 0.15) is 4.83 Å². The van der Waals surface area contributed by atoms with Crippen LogP contribution in [0.2, 0.25) is 0 Å². The standard InChI is InChI=1S/C8H14BrNO2S/c1-12-8(11)7(9)6-10-2-4-13-5-3-10/h7H,2-6H2,1H3. The minimum absolute atomic E-state index is 0.180. The molecule has 0 aromatic carbocycles. The van der Waals surface area contributed by atoms with Crippen LogP contribution in [-0.2, 0) is 9.53 Å². The third-order valence-electron chi connectivity index (χ3n) is 1.98. The van der Waals surface area contributed by atoms with Crippen molar-refractivity contribution in [1.82, 2.24) is 4.90 Å². The Balaban J connectivity index is 2.25. The van der Waals surface area contributed by atoms with E-state index in [0.717, 1.165) is 19.6 Å². The number of halogens is 1. The summed E-state index contributed by atoms with van der Waals surface area (Å²) in [6.07, 6.45) is 0. The van der Waals surface area contributed by atoms with E-state index < -0.39 is 0 Å². The molecule has 0 spiro atoms. The third kappa shape index (κ3) is 3.87. The molecule has 0 radical (unpaired) electrons.